The summed E-state index contributed by atoms with van der Waals surface area (Å²) in [6.07, 6.45) is 0. The van der Waals surface area contributed by atoms with Gasteiger partial charge >= 0.3 is 0 Å². The number of rotatable bonds is 2. The van der Waals surface area contributed by atoms with Gasteiger partial charge in [-0.15, -0.1) is 0 Å². The zero-order valence-corrected chi connectivity index (χ0v) is 12.9. The van der Waals surface area contributed by atoms with Crippen molar-refractivity contribution in [3.63, 3.8) is 0 Å². The lowest BCUT2D eigenvalue weighted by Crippen LogP contribution is -2.11. The number of halogens is 2. The molecule has 0 heterocycles. The first-order valence-corrected chi connectivity index (χ1v) is 6.99. The standard InChI is InChI=1S/C13H9BrINO2/c14-9-2-1-3-10(7-9)16-13(18)8-4-5-11(15)12(17)6-8/h1-7,17H,(H,16,18). The number of aromatic hydroxyl groups is 1. The van der Waals surface area contributed by atoms with E-state index in [9.17, 15) is 9.90 Å². The minimum atomic E-state index is -0.250. The van der Waals surface area contributed by atoms with Crippen LogP contribution in [0.4, 0.5) is 5.69 Å². The molecule has 2 aromatic carbocycles. The van der Waals surface area contributed by atoms with E-state index in [1.165, 1.54) is 6.07 Å². The fourth-order valence-corrected chi connectivity index (χ4v) is 2.16. The number of hydrogen-bond acceptors (Lipinski definition) is 2. The number of phenolic OH excluding ortho intramolecular Hbond substituents is 1. The van der Waals surface area contributed by atoms with Crippen molar-refractivity contribution in [3.05, 3.63) is 56.1 Å². The molecule has 5 heteroatoms. The van der Waals surface area contributed by atoms with Crippen molar-refractivity contribution in [3.8, 4) is 5.75 Å². The summed E-state index contributed by atoms with van der Waals surface area (Å²) in [5.74, 6) is -0.141. The lowest BCUT2D eigenvalue weighted by Gasteiger charge is -2.06. The predicted molar refractivity (Wildman–Crippen MR) is 82.9 cm³/mol. The van der Waals surface area contributed by atoms with E-state index in [1.54, 1.807) is 18.2 Å². The highest BCUT2D eigenvalue weighted by atomic mass is 127. The van der Waals surface area contributed by atoms with Gasteiger partial charge in [0.05, 0.1) is 3.57 Å². The van der Waals surface area contributed by atoms with Crippen LogP contribution >= 0.6 is 38.5 Å². The Morgan fingerprint density at radius 3 is 2.67 bits per heavy atom. The molecule has 2 rings (SSSR count). The average Bonchev–Trinajstić information content (AvgIpc) is 2.32. The van der Waals surface area contributed by atoms with Crippen molar-refractivity contribution in [2.75, 3.05) is 5.32 Å². The fraction of sp³-hybridized carbons (Fsp3) is 0. The van der Waals surface area contributed by atoms with Gasteiger partial charge in [0.25, 0.3) is 5.91 Å². The topological polar surface area (TPSA) is 49.3 Å². The Morgan fingerprint density at radius 2 is 2.00 bits per heavy atom. The average molecular weight is 418 g/mol. The zero-order chi connectivity index (χ0) is 13.1. The van der Waals surface area contributed by atoms with Gasteiger partial charge < -0.3 is 10.4 Å². The van der Waals surface area contributed by atoms with Crippen LogP contribution in [0, 0.1) is 3.57 Å². The molecule has 0 fully saturated rings. The predicted octanol–water partition coefficient (Wildman–Crippen LogP) is 4.01. The molecule has 2 aromatic rings. The van der Waals surface area contributed by atoms with Gasteiger partial charge in [0.15, 0.2) is 0 Å². The largest absolute Gasteiger partial charge is 0.507 e. The summed E-state index contributed by atoms with van der Waals surface area (Å²) >= 11 is 5.34. The Kier molecular flexibility index (Phi) is 4.23. The lowest BCUT2D eigenvalue weighted by atomic mass is 10.2. The van der Waals surface area contributed by atoms with Crippen LogP contribution in [0.25, 0.3) is 0 Å². The molecule has 0 saturated heterocycles. The first-order chi connectivity index (χ1) is 8.56. The normalized spacial score (nSPS) is 10.1. The summed E-state index contributed by atoms with van der Waals surface area (Å²) in [5.41, 5.74) is 1.13. The SMILES string of the molecule is O=C(Nc1cccc(Br)c1)c1ccc(I)c(O)c1. The highest BCUT2D eigenvalue weighted by Gasteiger charge is 2.08. The summed E-state index contributed by atoms with van der Waals surface area (Å²) in [4.78, 5) is 11.9. The summed E-state index contributed by atoms with van der Waals surface area (Å²) < 4.78 is 1.61. The van der Waals surface area contributed by atoms with Gasteiger partial charge in [-0.25, -0.2) is 0 Å². The molecule has 0 aromatic heterocycles. The molecule has 0 bridgehead atoms. The third kappa shape index (κ3) is 3.23. The van der Waals surface area contributed by atoms with Crippen molar-refractivity contribution in [1.82, 2.24) is 0 Å². The Labute approximate surface area is 126 Å². The summed E-state index contributed by atoms with van der Waals surface area (Å²) in [7, 11) is 0. The van der Waals surface area contributed by atoms with Gasteiger partial charge in [-0.05, 0) is 59.0 Å². The number of benzene rings is 2. The lowest BCUT2D eigenvalue weighted by molar-refractivity contribution is 0.102. The van der Waals surface area contributed by atoms with Crippen LogP contribution in [0.5, 0.6) is 5.75 Å². The van der Waals surface area contributed by atoms with Gasteiger partial charge in [0.2, 0.25) is 0 Å². The maximum Gasteiger partial charge on any atom is 0.255 e. The number of anilines is 1. The van der Waals surface area contributed by atoms with Crippen molar-refractivity contribution < 1.29 is 9.90 Å². The van der Waals surface area contributed by atoms with E-state index in [0.29, 0.717) is 14.8 Å². The minimum absolute atomic E-state index is 0.109. The van der Waals surface area contributed by atoms with Gasteiger partial charge in [-0.3, -0.25) is 4.79 Å². The Morgan fingerprint density at radius 1 is 1.22 bits per heavy atom. The van der Waals surface area contributed by atoms with Crippen LogP contribution in [-0.2, 0) is 0 Å². The first kappa shape index (κ1) is 13.4. The highest BCUT2D eigenvalue weighted by molar-refractivity contribution is 14.1. The van der Waals surface area contributed by atoms with Crippen LogP contribution in [-0.4, -0.2) is 11.0 Å². The maximum absolute atomic E-state index is 11.9. The molecule has 0 unspecified atom stereocenters. The second-order valence-electron chi connectivity index (χ2n) is 3.63. The molecule has 18 heavy (non-hydrogen) atoms. The number of hydrogen-bond donors (Lipinski definition) is 2. The number of carbonyl (C=O) groups is 1. The fourth-order valence-electron chi connectivity index (χ4n) is 1.42. The number of amides is 1. The van der Waals surface area contributed by atoms with Gasteiger partial charge in [-0.1, -0.05) is 22.0 Å². The smallest absolute Gasteiger partial charge is 0.255 e. The van der Waals surface area contributed by atoms with Crippen LogP contribution < -0.4 is 5.32 Å². The molecule has 0 aliphatic carbocycles. The van der Waals surface area contributed by atoms with Gasteiger partial charge in [-0.2, -0.15) is 0 Å². The molecule has 3 nitrogen and oxygen atoms in total. The van der Waals surface area contributed by atoms with E-state index in [0.717, 1.165) is 4.47 Å². The molecule has 0 aliphatic rings. The summed E-state index contributed by atoms with van der Waals surface area (Å²) in [6.45, 7) is 0. The second kappa shape index (κ2) is 5.71. The molecule has 92 valence electrons. The minimum Gasteiger partial charge on any atom is -0.507 e. The van der Waals surface area contributed by atoms with Crippen molar-refractivity contribution in [2.45, 2.75) is 0 Å². The van der Waals surface area contributed by atoms with Crippen molar-refractivity contribution in [1.29, 1.82) is 0 Å². The van der Waals surface area contributed by atoms with Gasteiger partial charge in [0.1, 0.15) is 5.75 Å². The Hall–Kier alpha value is -1.08. The first-order valence-electron chi connectivity index (χ1n) is 5.12. The molecule has 0 saturated carbocycles. The maximum atomic E-state index is 11.9. The molecule has 0 atom stereocenters. The molecule has 0 radical (unpaired) electrons. The zero-order valence-electron chi connectivity index (χ0n) is 9.15. The van der Waals surface area contributed by atoms with E-state index >= 15 is 0 Å². The second-order valence-corrected chi connectivity index (χ2v) is 5.71. The molecule has 0 spiro atoms. The van der Waals surface area contributed by atoms with E-state index in [2.05, 4.69) is 21.2 Å². The number of phenols is 1. The monoisotopic (exact) mass is 417 g/mol. The number of nitrogens with one attached hydrogen (secondary N) is 1. The molecule has 0 aliphatic heterocycles. The molecule has 2 N–H and O–H groups in total. The summed E-state index contributed by atoms with van der Waals surface area (Å²) in [6, 6.07) is 12.2. The molecule has 1 amide bonds. The third-order valence-corrected chi connectivity index (χ3v) is 3.70. The van der Waals surface area contributed by atoms with Crippen molar-refractivity contribution >= 4 is 50.1 Å². The van der Waals surface area contributed by atoms with Gasteiger partial charge in [0, 0.05) is 15.7 Å². The Bertz CT molecular complexity index is 601. The number of carbonyl (C=O) groups excluding carboxylic acids is 1. The quantitative estimate of drug-likeness (QED) is 0.725. The van der Waals surface area contributed by atoms with E-state index < -0.39 is 0 Å². The van der Waals surface area contributed by atoms with Crippen molar-refractivity contribution in [2.24, 2.45) is 0 Å². The van der Waals surface area contributed by atoms with Crippen LogP contribution in [0.3, 0.4) is 0 Å². The third-order valence-electron chi connectivity index (χ3n) is 2.29. The molecular formula is C13H9BrINO2. The molecular weight excluding hydrogens is 409 g/mol. The van der Waals surface area contributed by atoms with E-state index in [4.69, 9.17) is 0 Å². The van der Waals surface area contributed by atoms with E-state index in [1.807, 2.05) is 40.8 Å². The highest BCUT2D eigenvalue weighted by Crippen LogP contribution is 2.22. The Balaban J connectivity index is 2.19. The van der Waals surface area contributed by atoms with Crippen LogP contribution in [0.15, 0.2) is 46.9 Å². The van der Waals surface area contributed by atoms with Crippen LogP contribution in [0.2, 0.25) is 0 Å². The van der Waals surface area contributed by atoms with Crippen LogP contribution in [0.1, 0.15) is 10.4 Å². The van der Waals surface area contributed by atoms with E-state index in [-0.39, 0.29) is 11.7 Å². The summed E-state index contributed by atoms with van der Waals surface area (Å²) in [5, 5.41) is 12.3.